The van der Waals surface area contributed by atoms with Crippen LogP contribution in [0, 0.1) is 0 Å². The Balaban J connectivity index is 2.38. The number of rotatable bonds is 6. The van der Waals surface area contributed by atoms with E-state index in [4.69, 9.17) is 9.47 Å². The minimum atomic E-state index is -0.553. The van der Waals surface area contributed by atoms with E-state index in [1.165, 1.54) is 6.08 Å². The van der Waals surface area contributed by atoms with Crippen LogP contribution >= 0.6 is 0 Å². The molecule has 4 nitrogen and oxygen atoms in total. The van der Waals surface area contributed by atoms with E-state index in [1.54, 1.807) is 13.0 Å². The molecule has 0 heterocycles. The molecule has 4 heteroatoms. The van der Waals surface area contributed by atoms with Crippen molar-refractivity contribution < 1.29 is 19.1 Å². The molecule has 1 aromatic carbocycles. The molecule has 0 saturated heterocycles. The van der Waals surface area contributed by atoms with Crippen LogP contribution in [-0.2, 0) is 19.1 Å². The Bertz CT molecular complexity index is 474. The molecule has 0 unspecified atom stereocenters. The molecule has 0 amide bonds. The lowest BCUT2D eigenvalue weighted by Gasteiger charge is -2.05. The van der Waals surface area contributed by atoms with Crippen molar-refractivity contribution in [2.45, 2.75) is 6.92 Å². The summed E-state index contributed by atoms with van der Waals surface area (Å²) in [5, 5.41) is 0. The minimum absolute atomic E-state index is 0.114. The van der Waals surface area contributed by atoms with Crippen LogP contribution in [-0.4, -0.2) is 25.2 Å². The third-order valence-electron chi connectivity index (χ3n) is 2.16. The van der Waals surface area contributed by atoms with Crippen molar-refractivity contribution in [3.63, 3.8) is 0 Å². The van der Waals surface area contributed by atoms with Gasteiger partial charge in [-0.2, -0.15) is 0 Å². The van der Waals surface area contributed by atoms with Gasteiger partial charge in [0.1, 0.15) is 6.61 Å². The molecule has 0 atom stereocenters. The maximum Gasteiger partial charge on any atom is 0.336 e. The summed E-state index contributed by atoms with van der Waals surface area (Å²) in [5.41, 5.74) is 1.01. The van der Waals surface area contributed by atoms with Gasteiger partial charge in [0.25, 0.3) is 0 Å². The first kappa shape index (κ1) is 14.7. The van der Waals surface area contributed by atoms with Gasteiger partial charge in [0, 0.05) is 6.08 Å². The van der Waals surface area contributed by atoms with Gasteiger partial charge in [-0.15, -0.1) is 0 Å². The van der Waals surface area contributed by atoms with Gasteiger partial charge in [0.2, 0.25) is 0 Å². The highest BCUT2D eigenvalue weighted by atomic mass is 16.5. The van der Waals surface area contributed by atoms with Gasteiger partial charge < -0.3 is 9.47 Å². The Hall–Kier alpha value is -2.36. The first-order valence-electron chi connectivity index (χ1n) is 5.88. The summed E-state index contributed by atoms with van der Waals surface area (Å²) in [6.07, 6.45) is 2.93. The molecule has 0 N–H and O–H groups in total. The number of benzene rings is 1. The lowest BCUT2D eigenvalue weighted by atomic mass is 10.2. The molecule has 0 aliphatic carbocycles. The van der Waals surface area contributed by atoms with Crippen LogP contribution in [0.1, 0.15) is 12.5 Å². The van der Waals surface area contributed by atoms with Crippen molar-refractivity contribution >= 4 is 18.0 Å². The molecule has 0 aliphatic rings. The summed E-state index contributed by atoms with van der Waals surface area (Å²) >= 11 is 0. The van der Waals surface area contributed by atoms with E-state index in [9.17, 15) is 9.59 Å². The SMILES string of the molecule is C=C(COC(=O)/C=C/c1ccccc1)C(=O)OCC. The number of esters is 2. The van der Waals surface area contributed by atoms with Gasteiger partial charge in [0.05, 0.1) is 12.2 Å². The Kier molecular flexibility index (Phi) is 6.09. The van der Waals surface area contributed by atoms with E-state index in [0.717, 1.165) is 5.56 Å². The summed E-state index contributed by atoms with van der Waals surface area (Å²) in [4.78, 5) is 22.6. The molecular formula is C15H16O4. The second kappa shape index (κ2) is 7.87. The van der Waals surface area contributed by atoms with E-state index in [-0.39, 0.29) is 18.8 Å². The number of ether oxygens (including phenoxy) is 2. The summed E-state index contributed by atoms with van der Waals surface area (Å²) in [7, 11) is 0. The largest absolute Gasteiger partial charge is 0.463 e. The summed E-state index contributed by atoms with van der Waals surface area (Å²) < 4.78 is 9.58. The maximum atomic E-state index is 11.4. The van der Waals surface area contributed by atoms with E-state index in [1.807, 2.05) is 30.3 Å². The molecule has 100 valence electrons. The minimum Gasteiger partial charge on any atom is -0.463 e. The van der Waals surface area contributed by atoms with Gasteiger partial charge in [-0.25, -0.2) is 9.59 Å². The highest BCUT2D eigenvalue weighted by Crippen LogP contribution is 2.02. The van der Waals surface area contributed by atoms with Crippen LogP contribution in [0.2, 0.25) is 0 Å². The van der Waals surface area contributed by atoms with Crippen LogP contribution in [0.5, 0.6) is 0 Å². The molecule has 0 bridgehead atoms. The third-order valence-corrected chi connectivity index (χ3v) is 2.16. The molecule has 0 aromatic heterocycles. The zero-order valence-corrected chi connectivity index (χ0v) is 10.8. The van der Waals surface area contributed by atoms with Crippen LogP contribution in [0.4, 0.5) is 0 Å². The lowest BCUT2D eigenvalue weighted by Crippen LogP contribution is -2.13. The zero-order chi connectivity index (χ0) is 14.1. The van der Waals surface area contributed by atoms with Crippen LogP contribution < -0.4 is 0 Å². The molecule has 1 aromatic rings. The van der Waals surface area contributed by atoms with Crippen molar-refractivity contribution in [1.29, 1.82) is 0 Å². The van der Waals surface area contributed by atoms with Crippen molar-refractivity contribution in [3.8, 4) is 0 Å². The normalized spacial score (nSPS) is 10.2. The molecule has 19 heavy (non-hydrogen) atoms. The summed E-state index contributed by atoms with van der Waals surface area (Å²) in [6.45, 7) is 5.28. The molecule has 0 fully saturated rings. The van der Waals surface area contributed by atoms with Crippen molar-refractivity contribution in [3.05, 3.63) is 54.1 Å². The molecule has 1 rings (SSSR count). The second-order valence-corrected chi connectivity index (χ2v) is 3.68. The number of carbonyl (C=O) groups is 2. The van der Waals surface area contributed by atoms with Crippen molar-refractivity contribution in [2.24, 2.45) is 0 Å². The van der Waals surface area contributed by atoms with E-state index in [2.05, 4.69) is 6.58 Å². The second-order valence-electron chi connectivity index (χ2n) is 3.68. The zero-order valence-electron chi connectivity index (χ0n) is 10.8. The predicted octanol–water partition coefficient (Wildman–Crippen LogP) is 2.36. The third kappa shape index (κ3) is 5.68. The van der Waals surface area contributed by atoms with Gasteiger partial charge >= 0.3 is 11.9 Å². The molecular weight excluding hydrogens is 244 g/mol. The van der Waals surface area contributed by atoms with Crippen LogP contribution in [0.15, 0.2) is 48.6 Å². The highest BCUT2D eigenvalue weighted by Gasteiger charge is 2.09. The monoisotopic (exact) mass is 260 g/mol. The van der Waals surface area contributed by atoms with Gasteiger partial charge in [0.15, 0.2) is 0 Å². The number of carbonyl (C=O) groups excluding carboxylic acids is 2. The van der Waals surface area contributed by atoms with Gasteiger partial charge in [-0.3, -0.25) is 0 Å². The van der Waals surface area contributed by atoms with E-state index in [0.29, 0.717) is 0 Å². The van der Waals surface area contributed by atoms with Gasteiger partial charge in [-0.05, 0) is 18.6 Å². The van der Waals surface area contributed by atoms with E-state index < -0.39 is 11.9 Å². The lowest BCUT2D eigenvalue weighted by molar-refractivity contribution is -0.141. The fourth-order valence-corrected chi connectivity index (χ4v) is 1.23. The first-order valence-corrected chi connectivity index (χ1v) is 5.88. The molecule has 0 spiro atoms. The molecule has 0 radical (unpaired) electrons. The maximum absolute atomic E-state index is 11.4. The fourth-order valence-electron chi connectivity index (χ4n) is 1.23. The fraction of sp³-hybridized carbons (Fsp3) is 0.200. The quantitative estimate of drug-likeness (QED) is 0.582. The van der Waals surface area contributed by atoms with Crippen LogP contribution in [0.3, 0.4) is 0 Å². The number of hydrogen-bond donors (Lipinski definition) is 0. The Morgan fingerprint density at radius 2 is 1.89 bits per heavy atom. The topological polar surface area (TPSA) is 52.6 Å². The Morgan fingerprint density at radius 1 is 1.21 bits per heavy atom. The smallest absolute Gasteiger partial charge is 0.336 e. The first-order chi connectivity index (χ1) is 9.13. The highest BCUT2D eigenvalue weighted by molar-refractivity contribution is 5.90. The Morgan fingerprint density at radius 3 is 2.53 bits per heavy atom. The standard InChI is InChI=1S/C15H16O4/c1-3-18-15(17)12(2)11-19-14(16)10-9-13-7-5-4-6-8-13/h4-10H,2-3,11H2,1H3/b10-9+. The predicted molar refractivity (Wildman–Crippen MR) is 72.2 cm³/mol. The molecule has 0 aliphatic heterocycles. The van der Waals surface area contributed by atoms with E-state index >= 15 is 0 Å². The molecule has 0 saturated carbocycles. The van der Waals surface area contributed by atoms with Crippen molar-refractivity contribution in [2.75, 3.05) is 13.2 Å². The summed E-state index contributed by atoms with van der Waals surface area (Å²) in [5.74, 6) is -1.09. The van der Waals surface area contributed by atoms with Gasteiger partial charge in [-0.1, -0.05) is 36.9 Å². The average molecular weight is 260 g/mol. The Labute approximate surface area is 112 Å². The van der Waals surface area contributed by atoms with Crippen LogP contribution in [0.25, 0.3) is 6.08 Å². The average Bonchev–Trinajstić information content (AvgIpc) is 2.43. The number of hydrogen-bond acceptors (Lipinski definition) is 4. The summed E-state index contributed by atoms with van der Waals surface area (Å²) in [6, 6.07) is 9.35. The van der Waals surface area contributed by atoms with Crippen molar-refractivity contribution in [1.82, 2.24) is 0 Å².